The molecule has 26 heavy (non-hydrogen) atoms. The Labute approximate surface area is 157 Å². The summed E-state index contributed by atoms with van der Waals surface area (Å²) in [4.78, 5) is 1.97. The van der Waals surface area contributed by atoms with Gasteiger partial charge in [0.05, 0.1) is 6.61 Å². The van der Waals surface area contributed by atoms with Gasteiger partial charge in [-0.3, -0.25) is 4.57 Å². The van der Waals surface area contributed by atoms with E-state index < -0.39 is 13.2 Å². The Morgan fingerprint density at radius 2 is 1.54 bits per heavy atom. The molecule has 4 nitrogen and oxygen atoms in total. The quantitative estimate of drug-likeness (QED) is 0.667. The summed E-state index contributed by atoms with van der Waals surface area (Å²) >= 11 is 0. The molecule has 0 aliphatic carbocycles. The second-order valence-corrected chi connectivity index (χ2v) is 9.49. The van der Waals surface area contributed by atoms with Crippen LogP contribution in [0.25, 0.3) is 0 Å². The lowest BCUT2D eigenvalue weighted by Crippen LogP contribution is -2.16. The number of hydrogen-bond donors (Lipinski definition) is 1. The van der Waals surface area contributed by atoms with Gasteiger partial charge < -0.3 is 14.5 Å². The van der Waals surface area contributed by atoms with Crippen molar-refractivity contribution >= 4 is 18.4 Å². The third kappa shape index (κ3) is 4.56. The van der Waals surface area contributed by atoms with Crippen molar-refractivity contribution in [2.45, 2.75) is 39.0 Å². The molecule has 2 rings (SSSR count). The summed E-state index contributed by atoms with van der Waals surface area (Å²) in [5, 5.41) is 11.5. The highest BCUT2D eigenvalue weighted by atomic mass is 31.2. The number of benzene rings is 2. The molecule has 0 spiro atoms. The van der Waals surface area contributed by atoms with Gasteiger partial charge in [0.2, 0.25) is 0 Å². The normalized spacial score (nSPS) is 14.9. The van der Waals surface area contributed by atoms with E-state index in [2.05, 4.69) is 13.8 Å². The highest BCUT2D eigenvalue weighted by Crippen LogP contribution is 2.57. The van der Waals surface area contributed by atoms with Crippen molar-refractivity contribution in [3.05, 3.63) is 59.7 Å². The van der Waals surface area contributed by atoms with E-state index in [9.17, 15) is 9.67 Å². The number of rotatable bonds is 8. The van der Waals surface area contributed by atoms with Gasteiger partial charge >= 0.3 is 0 Å². The largest absolute Gasteiger partial charge is 0.378 e. The first-order chi connectivity index (χ1) is 12.3. The molecule has 0 heterocycles. The zero-order valence-electron chi connectivity index (χ0n) is 16.3. The topological polar surface area (TPSA) is 49.8 Å². The molecule has 0 aromatic heterocycles. The van der Waals surface area contributed by atoms with Crippen LogP contribution < -0.4 is 10.2 Å². The van der Waals surface area contributed by atoms with Crippen molar-refractivity contribution in [3.8, 4) is 0 Å². The maximum Gasteiger partial charge on any atom is 0.264 e. The maximum absolute atomic E-state index is 13.7. The molecule has 0 aliphatic rings. The van der Waals surface area contributed by atoms with Crippen LogP contribution in [-0.4, -0.2) is 25.8 Å². The highest BCUT2D eigenvalue weighted by molar-refractivity contribution is 7.67. The predicted octanol–water partition coefficient (Wildman–Crippen LogP) is 4.90. The van der Waals surface area contributed by atoms with Gasteiger partial charge in [-0.25, -0.2) is 0 Å². The Morgan fingerprint density at radius 3 is 2.00 bits per heavy atom. The van der Waals surface area contributed by atoms with Crippen molar-refractivity contribution in [3.63, 3.8) is 0 Å². The molecule has 0 unspecified atom stereocenters. The van der Waals surface area contributed by atoms with Crippen LogP contribution in [0.4, 0.5) is 5.69 Å². The predicted molar refractivity (Wildman–Crippen MR) is 110 cm³/mol. The average Bonchev–Trinajstić information content (AvgIpc) is 2.65. The summed E-state index contributed by atoms with van der Waals surface area (Å²) in [6.07, 6.45) is 0.735. The van der Waals surface area contributed by atoms with Crippen LogP contribution in [-0.2, 0) is 9.09 Å². The van der Waals surface area contributed by atoms with E-state index in [1.54, 1.807) is 12.1 Å². The molecule has 0 saturated heterocycles. The van der Waals surface area contributed by atoms with Crippen LogP contribution in [0, 0.1) is 0 Å². The minimum Gasteiger partial charge on any atom is -0.378 e. The minimum atomic E-state index is -3.45. The maximum atomic E-state index is 13.7. The van der Waals surface area contributed by atoms with Crippen LogP contribution >= 0.6 is 7.37 Å². The summed E-state index contributed by atoms with van der Waals surface area (Å²) in [5.74, 6) is -0.775. The van der Waals surface area contributed by atoms with Crippen LogP contribution in [0.15, 0.2) is 48.5 Å². The van der Waals surface area contributed by atoms with Gasteiger partial charge in [0.1, 0.15) is 0 Å². The smallest absolute Gasteiger partial charge is 0.264 e. The molecule has 2 aromatic rings. The molecular weight excluding hydrogens is 345 g/mol. The lowest BCUT2D eigenvalue weighted by atomic mass is 10.0. The Bertz CT molecular complexity index is 739. The Kier molecular flexibility index (Phi) is 7.05. The average molecular weight is 375 g/mol. The second-order valence-electron chi connectivity index (χ2n) is 7.04. The van der Waals surface area contributed by atoms with E-state index in [0.717, 1.165) is 12.1 Å². The third-order valence-corrected chi connectivity index (χ3v) is 6.96. The molecule has 0 radical (unpaired) electrons. The molecule has 0 fully saturated rings. The molecule has 0 bridgehead atoms. The Morgan fingerprint density at radius 1 is 1.00 bits per heavy atom. The van der Waals surface area contributed by atoms with Crippen molar-refractivity contribution in [1.82, 2.24) is 0 Å². The van der Waals surface area contributed by atoms with Crippen LogP contribution in [0.1, 0.15) is 50.1 Å². The van der Waals surface area contributed by atoms with E-state index in [0.29, 0.717) is 23.4 Å². The lowest BCUT2D eigenvalue weighted by molar-refractivity contribution is 0.214. The van der Waals surface area contributed by atoms with Crippen molar-refractivity contribution in [1.29, 1.82) is 0 Å². The van der Waals surface area contributed by atoms with Gasteiger partial charge in [-0.05, 0) is 47.7 Å². The second kappa shape index (κ2) is 8.85. The Balaban J connectivity index is 2.39. The van der Waals surface area contributed by atoms with Crippen molar-refractivity contribution in [2.75, 3.05) is 25.6 Å². The van der Waals surface area contributed by atoms with Gasteiger partial charge in [-0.1, -0.05) is 45.0 Å². The summed E-state index contributed by atoms with van der Waals surface area (Å²) in [6.45, 7) is 6.54. The zero-order valence-corrected chi connectivity index (χ0v) is 17.2. The van der Waals surface area contributed by atoms with Crippen LogP contribution in [0.2, 0.25) is 0 Å². The first kappa shape index (κ1) is 20.7. The van der Waals surface area contributed by atoms with Crippen molar-refractivity contribution < 1.29 is 14.2 Å². The van der Waals surface area contributed by atoms with Gasteiger partial charge in [0, 0.05) is 25.1 Å². The van der Waals surface area contributed by atoms with Gasteiger partial charge in [-0.2, -0.15) is 0 Å². The highest BCUT2D eigenvalue weighted by Gasteiger charge is 2.36. The van der Waals surface area contributed by atoms with E-state index >= 15 is 0 Å². The fraction of sp³-hybridized carbons (Fsp3) is 0.429. The van der Waals surface area contributed by atoms with Crippen molar-refractivity contribution in [2.24, 2.45) is 0 Å². The van der Waals surface area contributed by atoms with Gasteiger partial charge in [-0.15, -0.1) is 0 Å². The lowest BCUT2D eigenvalue weighted by Gasteiger charge is -2.25. The first-order valence-corrected chi connectivity index (χ1v) is 10.8. The van der Waals surface area contributed by atoms with Gasteiger partial charge in [0.15, 0.2) is 5.85 Å². The molecule has 0 saturated carbocycles. The summed E-state index contributed by atoms with van der Waals surface area (Å²) in [7, 11) is 0.450. The Hall–Kier alpha value is -1.61. The molecule has 0 aliphatic heterocycles. The van der Waals surface area contributed by atoms with Crippen LogP contribution in [0.5, 0.6) is 0 Å². The van der Waals surface area contributed by atoms with E-state index in [4.69, 9.17) is 4.52 Å². The third-order valence-electron chi connectivity index (χ3n) is 4.44. The number of nitrogens with zero attached hydrogens (tertiary/aromatic N) is 1. The molecule has 1 N–H and O–H groups in total. The number of anilines is 1. The standard InChI is InChI=1S/C21H30NO3P/c1-6-15-25-26(24,20-13-11-19(12-14-20)22(4)5)21(23)18-9-7-17(8-10-18)16(2)3/h7-14,16,21,23H,6,15H2,1-5H3/t21-,26+/m1/s1. The molecular formula is C21H30NO3P. The van der Waals surface area contributed by atoms with Gasteiger partial charge in [0.25, 0.3) is 7.37 Å². The summed E-state index contributed by atoms with van der Waals surface area (Å²) in [6, 6.07) is 15.0. The van der Waals surface area contributed by atoms with E-state index in [-0.39, 0.29) is 0 Å². The fourth-order valence-electron chi connectivity index (χ4n) is 2.72. The minimum absolute atomic E-state index is 0.341. The molecule has 2 atom stereocenters. The summed E-state index contributed by atoms with van der Waals surface area (Å²) in [5.41, 5.74) is 2.80. The fourth-order valence-corrected chi connectivity index (χ4v) is 4.88. The first-order valence-electron chi connectivity index (χ1n) is 9.09. The van der Waals surface area contributed by atoms with Crippen LogP contribution in [0.3, 0.4) is 0 Å². The molecule has 0 amide bonds. The number of aliphatic hydroxyl groups is 1. The summed E-state index contributed by atoms with van der Waals surface area (Å²) < 4.78 is 19.4. The van der Waals surface area contributed by atoms with E-state index in [1.807, 2.05) is 62.3 Å². The monoisotopic (exact) mass is 375 g/mol. The molecule has 5 heteroatoms. The molecule has 2 aromatic carbocycles. The SMILES string of the molecule is CCCO[P@@](=O)(c1ccc(N(C)C)cc1)[C@@H](O)c1ccc(C(C)C)cc1. The number of aliphatic hydroxyl groups excluding tert-OH is 1. The van der Waals surface area contributed by atoms with E-state index in [1.165, 1.54) is 5.56 Å². The molecule has 142 valence electrons. The zero-order chi connectivity index (χ0) is 19.3. The number of hydrogen-bond acceptors (Lipinski definition) is 4.